The van der Waals surface area contributed by atoms with E-state index in [9.17, 15) is 9.90 Å². The third-order valence-electron chi connectivity index (χ3n) is 7.02. The number of ether oxygens (including phenoxy) is 1. The van der Waals surface area contributed by atoms with Crippen molar-refractivity contribution in [1.82, 2.24) is 9.80 Å². The van der Waals surface area contributed by atoms with Crippen molar-refractivity contribution in [1.29, 1.82) is 0 Å². The molecule has 2 heterocycles. The standard InChI is InChI=1S/C30H33N3O3/c1-21-17-26(34)25(20-33-15-13-32(14-16-33)19-23-7-5-4-6-8-23)30-28(21)29(35)27(36-30)18-22-9-11-24(12-10-22)31(2)3/h4-12,17-18,34H,13-16,19-20H2,1-3H3/b27-18-. The number of rotatable bonds is 6. The molecule has 6 heteroatoms. The first-order chi connectivity index (χ1) is 17.4. The van der Waals surface area contributed by atoms with Crippen LogP contribution >= 0.6 is 0 Å². The van der Waals surface area contributed by atoms with Crippen LogP contribution in [0.3, 0.4) is 0 Å². The number of benzene rings is 3. The van der Waals surface area contributed by atoms with E-state index in [0.29, 0.717) is 29.2 Å². The molecule has 2 aliphatic heterocycles. The van der Waals surface area contributed by atoms with Crippen LogP contribution in [0.4, 0.5) is 5.69 Å². The normalized spacial score (nSPS) is 17.3. The summed E-state index contributed by atoms with van der Waals surface area (Å²) in [7, 11) is 3.99. The van der Waals surface area contributed by atoms with Crippen molar-refractivity contribution in [2.75, 3.05) is 45.2 Å². The summed E-state index contributed by atoms with van der Waals surface area (Å²) >= 11 is 0. The van der Waals surface area contributed by atoms with E-state index in [1.807, 2.05) is 56.3 Å². The van der Waals surface area contributed by atoms with Gasteiger partial charge < -0.3 is 14.7 Å². The van der Waals surface area contributed by atoms with Crippen molar-refractivity contribution in [3.05, 3.63) is 94.2 Å². The number of phenols is 1. The molecule has 0 bridgehead atoms. The highest BCUT2D eigenvalue weighted by atomic mass is 16.5. The quantitative estimate of drug-likeness (QED) is 0.513. The molecule has 3 aromatic rings. The van der Waals surface area contributed by atoms with Gasteiger partial charge >= 0.3 is 0 Å². The van der Waals surface area contributed by atoms with Gasteiger partial charge in [0.15, 0.2) is 5.76 Å². The van der Waals surface area contributed by atoms with Gasteiger partial charge in [0.2, 0.25) is 5.78 Å². The van der Waals surface area contributed by atoms with Crippen LogP contribution < -0.4 is 9.64 Å². The average Bonchev–Trinajstić information content (AvgIpc) is 3.20. The lowest BCUT2D eigenvalue weighted by Gasteiger charge is -2.35. The Labute approximate surface area is 213 Å². The second-order valence-electron chi connectivity index (χ2n) is 9.86. The lowest BCUT2D eigenvalue weighted by molar-refractivity contribution is 0.101. The number of hydrogen-bond acceptors (Lipinski definition) is 6. The minimum absolute atomic E-state index is 0.131. The molecule has 6 nitrogen and oxygen atoms in total. The summed E-state index contributed by atoms with van der Waals surface area (Å²) in [6.45, 7) is 7.04. The number of aromatic hydroxyl groups is 1. The molecule has 3 aromatic carbocycles. The Balaban J connectivity index is 1.31. The third-order valence-corrected chi connectivity index (χ3v) is 7.02. The largest absolute Gasteiger partial charge is 0.507 e. The van der Waals surface area contributed by atoms with Crippen LogP contribution in [0.5, 0.6) is 11.5 Å². The summed E-state index contributed by atoms with van der Waals surface area (Å²) in [4.78, 5) is 20.1. The van der Waals surface area contributed by atoms with E-state index >= 15 is 0 Å². The number of phenolic OH excluding ortho intramolecular Hbond substituents is 1. The van der Waals surface area contributed by atoms with Crippen LogP contribution in [0.25, 0.3) is 6.08 Å². The van der Waals surface area contributed by atoms with E-state index in [4.69, 9.17) is 4.74 Å². The van der Waals surface area contributed by atoms with Gasteiger partial charge in [0.25, 0.3) is 0 Å². The molecule has 0 atom stereocenters. The van der Waals surface area contributed by atoms with Gasteiger partial charge in [-0.15, -0.1) is 0 Å². The number of aryl methyl sites for hydroxylation is 1. The predicted octanol–water partition coefficient (Wildman–Crippen LogP) is 4.70. The number of fused-ring (bicyclic) bond motifs is 1. The summed E-state index contributed by atoms with van der Waals surface area (Å²) in [5.74, 6) is 0.848. The monoisotopic (exact) mass is 483 g/mol. The Morgan fingerprint density at radius 1 is 0.944 bits per heavy atom. The number of carbonyl (C=O) groups is 1. The first kappa shape index (κ1) is 24.1. The van der Waals surface area contributed by atoms with Crippen LogP contribution in [0.1, 0.15) is 32.6 Å². The van der Waals surface area contributed by atoms with Crippen LogP contribution in [0, 0.1) is 6.92 Å². The summed E-state index contributed by atoms with van der Waals surface area (Å²) in [5, 5.41) is 10.8. The molecule has 5 rings (SSSR count). The minimum atomic E-state index is -0.131. The number of carbonyl (C=O) groups excluding carboxylic acids is 1. The van der Waals surface area contributed by atoms with Crippen molar-refractivity contribution >= 4 is 17.5 Å². The van der Waals surface area contributed by atoms with E-state index in [1.54, 1.807) is 12.1 Å². The number of nitrogens with zero attached hydrogens (tertiary/aromatic N) is 3. The number of piperazine rings is 1. The zero-order chi connectivity index (χ0) is 25.2. The summed E-state index contributed by atoms with van der Waals surface area (Å²) in [6, 6.07) is 20.2. The molecule has 1 saturated heterocycles. The first-order valence-electron chi connectivity index (χ1n) is 12.4. The molecular weight excluding hydrogens is 450 g/mol. The maximum atomic E-state index is 13.3. The number of allylic oxidation sites excluding steroid dienone is 1. The molecule has 0 spiro atoms. The molecule has 186 valence electrons. The fourth-order valence-corrected chi connectivity index (χ4v) is 4.92. The number of Topliss-reactive ketones (excluding diaryl/α,β-unsaturated/α-hetero) is 1. The van der Waals surface area contributed by atoms with Gasteiger partial charge in [0.05, 0.1) is 11.1 Å². The van der Waals surface area contributed by atoms with Crippen molar-refractivity contribution in [2.45, 2.75) is 20.0 Å². The highest BCUT2D eigenvalue weighted by Gasteiger charge is 2.34. The Morgan fingerprint density at radius 3 is 2.22 bits per heavy atom. The second-order valence-corrected chi connectivity index (χ2v) is 9.86. The van der Waals surface area contributed by atoms with Crippen LogP contribution in [0.15, 0.2) is 66.4 Å². The number of hydrogen-bond donors (Lipinski definition) is 1. The van der Waals surface area contributed by atoms with Crippen molar-refractivity contribution in [2.24, 2.45) is 0 Å². The molecule has 0 aromatic heterocycles. The van der Waals surface area contributed by atoms with Gasteiger partial charge in [0, 0.05) is 59.1 Å². The number of ketones is 1. The lowest BCUT2D eigenvalue weighted by Crippen LogP contribution is -2.45. The topological polar surface area (TPSA) is 56.2 Å². The zero-order valence-corrected chi connectivity index (χ0v) is 21.2. The van der Waals surface area contributed by atoms with Gasteiger partial charge in [-0.2, -0.15) is 0 Å². The summed E-state index contributed by atoms with van der Waals surface area (Å²) in [5.41, 5.74) is 5.28. The molecule has 0 saturated carbocycles. The fourth-order valence-electron chi connectivity index (χ4n) is 4.92. The van der Waals surface area contributed by atoms with Gasteiger partial charge in [-0.05, 0) is 47.9 Å². The maximum absolute atomic E-state index is 13.3. The SMILES string of the molecule is Cc1cc(O)c(CN2CCN(Cc3ccccc3)CC2)c2c1C(=O)/C(=C/c1ccc(N(C)C)cc1)O2. The molecule has 2 aliphatic rings. The lowest BCUT2D eigenvalue weighted by atomic mass is 9.99. The van der Waals surface area contributed by atoms with E-state index < -0.39 is 0 Å². The Morgan fingerprint density at radius 2 is 1.58 bits per heavy atom. The molecule has 0 radical (unpaired) electrons. The number of anilines is 1. The molecule has 1 N–H and O–H groups in total. The van der Waals surface area contributed by atoms with Crippen LogP contribution in [-0.4, -0.2) is 61.0 Å². The highest BCUT2D eigenvalue weighted by molar-refractivity contribution is 6.15. The van der Waals surface area contributed by atoms with E-state index in [-0.39, 0.29) is 11.5 Å². The average molecular weight is 484 g/mol. The van der Waals surface area contributed by atoms with E-state index in [2.05, 4.69) is 34.1 Å². The van der Waals surface area contributed by atoms with Crippen LogP contribution in [-0.2, 0) is 13.1 Å². The third kappa shape index (κ3) is 5.01. The minimum Gasteiger partial charge on any atom is -0.507 e. The van der Waals surface area contributed by atoms with Crippen LogP contribution in [0.2, 0.25) is 0 Å². The Kier molecular flexibility index (Phi) is 6.81. The second kappa shape index (κ2) is 10.2. The smallest absolute Gasteiger partial charge is 0.232 e. The van der Waals surface area contributed by atoms with E-state index in [0.717, 1.165) is 49.5 Å². The Bertz CT molecular complexity index is 1280. The van der Waals surface area contributed by atoms with Gasteiger partial charge in [0.1, 0.15) is 11.5 Å². The molecular formula is C30H33N3O3. The zero-order valence-electron chi connectivity index (χ0n) is 21.2. The molecule has 0 unspecified atom stereocenters. The van der Waals surface area contributed by atoms with Gasteiger partial charge in [-0.25, -0.2) is 0 Å². The summed E-state index contributed by atoms with van der Waals surface area (Å²) in [6.07, 6.45) is 1.78. The fraction of sp³-hybridized carbons (Fsp3) is 0.300. The van der Waals surface area contributed by atoms with Crippen molar-refractivity contribution in [3.8, 4) is 11.5 Å². The Hall–Kier alpha value is -3.61. The molecule has 36 heavy (non-hydrogen) atoms. The van der Waals surface area contributed by atoms with Crippen molar-refractivity contribution in [3.63, 3.8) is 0 Å². The molecule has 1 fully saturated rings. The maximum Gasteiger partial charge on any atom is 0.232 e. The van der Waals surface area contributed by atoms with Gasteiger partial charge in [-0.1, -0.05) is 42.5 Å². The first-order valence-corrected chi connectivity index (χ1v) is 12.4. The van der Waals surface area contributed by atoms with Crippen molar-refractivity contribution < 1.29 is 14.6 Å². The molecule has 0 aliphatic carbocycles. The molecule has 0 amide bonds. The highest BCUT2D eigenvalue weighted by Crippen LogP contribution is 2.42. The van der Waals surface area contributed by atoms with Gasteiger partial charge in [-0.3, -0.25) is 14.6 Å². The van der Waals surface area contributed by atoms with E-state index in [1.165, 1.54) is 5.56 Å². The predicted molar refractivity (Wildman–Crippen MR) is 144 cm³/mol. The summed E-state index contributed by atoms with van der Waals surface area (Å²) < 4.78 is 6.14.